The SMILES string of the molecule is O=C1N(CCO)CCCC12CCCN2Cc1cnc(-c2ccccc2)nc1. The van der Waals surface area contributed by atoms with Crippen LogP contribution in [0, 0.1) is 0 Å². The second-order valence-corrected chi connectivity index (χ2v) is 7.46. The molecule has 27 heavy (non-hydrogen) atoms. The van der Waals surface area contributed by atoms with Crippen LogP contribution in [0.15, 0.2) is 42.7 Å². The molecule has 1 unspecified atom stereocenters. The number of rotatable bonds is 5. The van der Waals surface area contributed by atoms with Gasteiger partial charge in [0, 0.05) is 43.2 Å². The maximum absolute atomic E-state index is 13.1. The molecule has 3 heterocycles. The third-order valence-corrected chi connectivity index (χ3v) is 5.81. The Hall–Kier alpha value is -2.31. The Bertz CT molecular complexity index is 779. The monoisotopic (exact) mass is 366 g/mol. The van der Waals surface area contributed by atoms with Gasteiger partial charge in [0.15, 0.2) is 5.82 Å². The third-order valence-electron chi connectivity index (χ3n) is 5.81. The van der Waals surface area contributed by atoms with E-state index in [1.165, 1.54) is 0 Å². The van der Waals surface area contributed by atoms with Crippen LogP contribution < -0.4 is 0 Å². The molecule has 2 aliphatic rings. The molecular formula is C21H26N4O2. The summed E-state index contributed by atoms with van der Waals surface area (Å²) < 4.78 is 0. The maximum atomic E-state index is 13.1. The van der Waals surface area contributed by atoms with Gasteiger partial charge in [-0.2, -0.15) is 0 Å². The molecule has 2 aliphatic heterocycles. The summed E-state index contributed by atoms with van der Waals surface area (Å²) in [6.07, 6.45) is 7.57. The van der Waals surface area contributed by atoms with E-state index in [9.17, 15) is 9.90 Å². The fraction of sp³-hybridized carbons (Fsp3) is 0.476. The molecule has 2 fully saturated rings. The molecule has 0 saturated carbocycles. The van der Waals surface area contributed by atoms with Crippen molar-refractivity contribution in [2.24, 2.45) is 0 Å². The fourth-order valence-electron chi connectivity index (χ4n) is 4.48. The number of β-amino-alcohol motifs (C(OH)–C–C–N with tert-alkyl or cyclic N) is 1. The van der Waals surface area contributed by atoms with Crippen molar-refractivity contribution in [2.45, 2.75) is 37.8 Å². The molecule has 142 valence electrons. The first-order valence-corrected chi connectivity index (χ1v) is 9.74. The fourth-order valence-corrected chi connectivity index (χ4v) is 4.48. The van der Waals surface area contributed by atoms with E-state index >= 15 is 0 Å². The van der Waals surface area contributed by atoms with Gasteiger partial charge in [0.2, 0.25) is 5.91 Å². The van der Waals surface area contributed by atoms with Crippen molar-refractivity contribution < 1.29 is 9.90 Å². The number of aliphatic hydroxyl groups is 1. The van der Waals surface area contributed by atoms with E-state index in [1.807, 2.05) is 47.6 Å². The van der Waals surface area contributed by atoms with Crippen LogP contribution >= 0.6 is 0 Å². The van der Waals surface area contributed by atoms with Crippen molar-refractivity contribution in [2.75, 3.05) is 26.2 Å². The number of aromatic nitrogens is 2. The van der Waals surface area contributed by atoms with Crippen molar-refractivity contribution in [3.8, 4) is 11.4 Å². The van der Waals surface area contributed by atoms with Gasteiger partial charge in [0.1, 0.15) is 5.54 Å². The first-order valence-electron chi connectivity index (χ1n) is 9.74. The number of carbonyl (C=O) groups excluding carboxylic acids is 1. The van der Waals surface area contributed by atoms with Crippen LogP contribution in [0.25, 0.3) is 11.4 Å². The minimum Gasteiger partial charge on any atom is -0.395 e. The van der Waals surface area contributed by atoms with Crippen LogP contribution in [0.2, 0.25) is 0 Å². The standard InChI is InChI=1S/C21H26N4O2/c26-13-12-24-10-4-8-21(20(24)27)9-5-11-25(21)16-17-14-22-19(23-15-17)18-6-2-1-3-7-18/h1-3,6-7,14-15,26H,4-5,8-13,16H2. The van der Waals surface area contributed by atoms with Gasteiger partial charge in [0.25, 0.3) is 0 Å². The summed E-state index contributed by atoms with van der Waals surface area (Å²) in [6, 6.07) is 9.94. The number of hydrogen-bond donors (Lipinski definition) is 1. The molecule has 1 aromatic heterocycles. The summed E-state index contributed by atoms with van der Waals surface area (Å²) in [5.74, 6) is 0.903. The van der Waals surface area contributed by atoms with E-state index in [1.54, 1.807) is 0 Å². The van der Waals surface area contributed by atoms with Crippen molar-refractivity contribution in [3.05, 3.63) is 48.3 Å². The number of amides is 1. The average Bonchev–Trinajstić information content (AvgIpc) is 3.10. The Labute approximate surface area is 159 Å². The highest BCUT2D eigenvalue weighted by molar-refractivity contribution is 5.87. The molecule has 1 amide bonds. The highest BCUT2D eigenvalue weighted by Crippen LogP contribution is 2.39. The van der Waals surface area contributed by atoms with Gasteiger partial charge >= 0.3 is 0 Å². The second-order valence-electron chi connectivity index (χ2n) is 7.46. The smallest absolute Gasteiger partial charge is 0.243 e. The topological polar surface area (TPSA) is 69.6 Å². The summed E-state index contributed by atoms with van der Waals surface area (Å²) in [7, 11) is 0. The highest BCUT2D eigenvalue weighted by atomic mass is 16.3. The molecule has 2 saturated heterocycles. The zero-order valence-corrected chi connectivity index (χ0v) is 15.5. The predicted octanol–water partition coefficient (Wildman–Crippen LogP) is 2.09. The number of piperidine rings is 1. The van der Waals surface area contributed by atoms with Crippen LogP contribution in [0.1, 0.15) is 31.2 Å². The summed E-state index contributed by atoms with van der Waals surface area (Å²) >= 11 is 0. The molecule has 6 nitrogen and oxygen atoms in total. The molecule has 4 rings (SSSR count). The lowest BCUT2D eigenvalue weighted by Crippen LogP contribution is -2.60. The Morgan fingerprint density at radius 2 is 1.74 bits per heavy atom. The normalized spacial score (nSPS) is 23.3. The van der Waals surface area contributed by atoms with Crippen LogP contribution in [-0.4, -0.2) is 62.6 Å². The molecule has 1 aromatic carbocycles. The van der Waals surface area contributed by atoms with Crippen LogP contribution in [0.3, 0.4) is 0 Å². The van der Waals surface area contributed by atoms with Crippen molar-refractivity contribution >= 4 is 5.91 Å². The van der Waals surface area contributed by atoms with Crippen LogP contribution in [-0.2, 0) is 11.3 Å². The van der Waals surface area contributed by atoms with E-state index < -0.39 is 5.54 Å². The Morgan fingerprint density at radius 3 is 2.44 bits per heavy atom. The summed E-state index contributed by atoms with van der Waals surface area (Å²) in [5, 5.41) is 9.26. The van der Waals surface area contributed by atoms with Crippen LogP contribution in [0.5, 0.6) is 0 Å². The largest absolute Gasteiger partial charge is 0.395 e. The Kier molecular flexibility index (Phi) is 5.18. The second kappa shape index (κ2) is 7.74. The number of benzene rings is 1. The van der Waals surface area contributed by atoms with E-state index in [2.05, 4.69) is 14.9 Å². The van der Waals surface area contributed by atoms with Gasteiger partial charge in [-0.15, -0.1) is 0 Å². The predicted molar refractivity (Wildman–Crippen MR) is 103 cm³/mol. The number of likely N-dealkylation sites (tertiary alicyclic amines) is 2. The quantitative estimate of drug-likeness (QED) is 0.878. The minimum absolute atomic E-state index is 0.0244. The molecule has 2 aromatic rings. The number of aliphatic hydroxyl groups excluding tert-OH is 1. The molecule has 6 heteroatoms. The van der Waals surface area contributed by atoms with E-state index in [4.69, 9.17) is 0 Å². The molecular weight excluding hydrogens is 340 g/mol. The lowest BCUT2D eigenvalue weighted by Gasteiger charge is -2.44. The van der Waals surface area contributed by atoms with Gasteiger partial charge in [0.05, 0.1) is 6.61 Å². The third kappa shape index (κ3) is 3.47. The summed E-state index contributed by atoms with van der Waals surface area (Å²) in [4.78, 5) is 26.3. The van der Waals surface area contributed by atoms with Crippen molar-refractivity contribution in [3.63, 3.8) is 0 Å². The molecule has 0 radical (unpaired) electrons. The minimum atomic E-state index is -0.411. The molecule has 1 N–H and O–H groups in total. The molecule has 0 aliphatic carbocycles. The van der Waals surface area contributed by atoms with E-state index in [0.717, 1.165) is 55.7 Å². The van der Waals surface area contributed by atoms with E-state index in [0.29, 0.717) is 13.1 Å². The molecule has 1 spiro atoms. The van der Waals surface area contributed by atoms with Gasteiger partial charge in [-0.1, -0.05) is 30.3 Å². The lowest BCUT2D eigenvalue weighted by molar-refractivity contribution is -0.148. The van der Waals surface area contributed by atoms with Crippen molar-refractivity contribution in [1.82, 2.24) is 19.8 Å². The Balaban J connectivity index is 1.51. The zero-order chi connectivity index (χ0) is 18.7. The first kappa shape index (κ1) is 18.1. The number of nitrogens with zero attached hydrogens (tertiary/aromatic N) is 4. The van der Waals surface area contributed by atoms with E-state index in [-0.39, 0.29) is 12.5 Å². The number of hydrogen-bond acceptors (Lipinski definition) is 5. The van der Waals surface area contributed by atoms with Crippen LogP contribution in [0.4, 0.5) is 0 Å². The molecule has 1 atom stereocenters. The summed E-state index contributed by atoms with van der Waals surface area (Å²) in [6.45, 7) is 2.82. The number of carbonyl (C=O) groups is 1. The average molecular weight is 366 g/mol. The first-order chi connectivity index (χ1) is 13.2. The van der Waals surface area contributed by atoms with Gasteiger partial charge < -0.3 is 10.0 Å². The van der Waals surface area contributed by atoms with Gasteiger partial charge in [-0.25, -0.2) is 9.97 Å². The van der Waals surface area contributed by atoms with Gasteiger partial charge in [-0.05, 0) is 32.2 Å². The summed E-state index contributed by atoms with van der Waals surface area (Å²) in [5.41, 5.74) is 1.62. The van der Waals surface area contributed by atoms with Gasteiger partial charge in [-0.3, -0.25) is 9.69 Å². The highest BCUT2D eigenvalue weighted by Gasteiger charge is 2.50. The molecule has 0 bridgehead atoms. The zero-order valence-electron chi connectivity index (χ0n) is 15.5. The van der Waals surface area contributed by atoms with Crippen molar-refractivity contribution in [1.29, 1.82) is 0 Å². The Morgan fingerprint density at radius 1 is 1.04 bits per heavy atom. The maximum Gasteiger partial charge on any atom is 0.243 e. The lowest BCUT2D eigenvalue weighted by atomic mass is 9.85.